The molecule has 98 valence electrons. The summed E-state index contributed by atoms with van der Waals surface area (Å²) in [5.74, 6) is -1.32. The number of halogens is 4. The molecule has 0 aliphatic carbocycles. The molecule has 0 unspecified atom stereocenters. The van der Waals surface area contributed by atoms with Gasteiger partial charge in [-0.05, 0) is 12.1 Å². The third-order valence-electron chi connectivity index (χ3n) is 2.18. The molecule has 0 spiro atoms. The Kier molecular flexibility index (Phi) is 4.19. The van der Waals surface area contributed by atoms with Gasteiger partial charge < -0.3 is 5.32 Å². The van der Waals surface area contributed by atoms with Crippen LogP contribution in [0.2, 0.25) is 15.2 Å². The normalized spacial score (nSPS) is 10.3. The summed E-state index contributed by atoms with van der Waals surface area (Å²) in [5.41, 5.74) is -0.0348. The Morgan fingerprint density at radius 1 is 1.16 bits per heavy atom. The third kappa shape index (κ3) is 2.94. The summed E-state index contributed by atoms with van der Waals surface area (Å²) in [7, 11) is 0. The Hall–Kier alpha value is -1.43. The molecule has 1 amide bonds. The van der Waals surface area contributed by atoms with Gasteiger partial charge in [0.2, 0.25) is 0 Å². The first-order chi connectivity index (χ1) is 9.00. The summed E-state index contributed by atoms with van der Waals surface area (Å²) < 4.78 is 13.2. The first kappa shape index (κ1) is 14.0. The quantitative estimate of drug-likeness (QED) is 0.856. The van der Waals surface area contributed by atoms with Crippen LogP contribution in [0, 0.1) is 5.82 Å². The van der Waals surface area contributed by atoms with Gasteiger partial charge in [0.15, 0.2) is 11.0 Å². The molecule has 0 bridgehead atoms. The molecule has 0 aliphatic rings. The smallest absolute Gasteiger partial charge is 0.258 e. The van der Waals surface area contributed by atoms with Crippen molar-refractivity contribution in [1.29, 1.82) is 0 Å². The zero-order valence-electron chi connectivity index (χ0n) is 9.12. The summed E-state index contributed by atoms with van der Waals surface area (Å²) in [5, 5.41) is 2.08. The number of carbonyl (C=O) groups is 1. The molecule has 19 heavy (non-hydrogen) atoms. The molecule has 1 aromatic carbocycles. The highest BCUT2D eigenvalue weighted by atomic mass is 35.5. The van der Waals surface area contributed by atoms with Crippen LogP contribution in [0.4, 0.5) is 10.2 Å². The first-order valence-electron chi connectivity index (χ1n) is 4.92. The van der Waals surface area contributed by atoms with Crippen LogP contribution in [0.3, 0.4) is 0 Å². The van der Waals surface area contributed by atoms with Crippen molar-refractivity contribution in [3.05, 3.63) is 51.1 Å². The lowest BCUT2D eigenvalue weighted by Crippen LogP contribution is -2.14. The molecule has 0 fully saturated rings. The molecule has 0 saturated carbocycles. The van der Waals surface area contributed by atoms with Gasteiger partial charge in [-0.1, -0.05) is 40.9 Å². The van der Waals surface area contributed by atoms with E-state index in [0.717, 1.165) is 12.4 Å². The van der Waals surface area contributed by atoms with Crippen LogP contribution in [-0.2, 0) is 0 Å². The second-order valence-electron chi connectivity index (χ2n) is 3.38. The molecule has 1 aromatic heterocycles. The van der Waals surface area contributed by atoms with E-state index in [2.05, 4.69) is 15.3 Å². The molecule has 0 atom stereocenters. The lowest BCUT2D eigenvalue weighted by atomic mass is 10.2. The van der Waals surface area contributed by atoms with Gasteiger partial charge >= 0.3 is 0 Å². The first-order valence-corrected chi connectivity index (χ1v) is 6.05. The maximum atomic E-state index is 13.2. The summed E-state index contributed by atoms with van der Waals surface area (Å²) in [4.78, 5) is 19.3. The van der Waals surface area contributed by atoms with Crippen molar-refractivity contribution in [2.75, 3.05) is 5.32 Å². The number of carbonyl (C=O) groups excluding carboxylic acids is 1. The Morgan fingerprint density at radius 2 is 1.89 bits per heavy atom. The second kappa shape index (κ2) is 5.69. The number of aromatic nitrogens is 2. The van der Waals surface area contributed by atoms with E-state index in [4.69, 9.17) is 34.8 Å². The average molecular weight is 321 g/mol. The summed E-state index contributed by atoms with van der Waals surface area (Å²) in [6.07, 6.45) is 1.14. The molecule has 1 N–H and O–H groups in total. The molecule has 0 radical (unpaired) electrons. The highest BCUT2D eigenvalue weighted by Crippen LogP contribution is 2.27. The van der Waals surface area contributed by atoms with Gasteiger partial charge in [-0.2, -0.15) is 0 Å². The molecule has 0 aliphatic heterocycles. The number of hydrogen-bond donors (Lipinski definition) is 1. The topological polar surface area (TPSA) is 54.9 Å². The number of benzene rings is 1. The SMILES string of the molecule is O=C(Nc1ncnc(Cl)c1Cl)c1cccc(F)c1Cl. The summed E-state index contributed by atoms with van der Waals surface area (Å²) >= 11 is 17.2. The van der Waals surface area contributed by atoms with Crippen LogP contribution in [0.1, 0.15) is 10.4 Å². The summed E-state index contributed by atoms with van der Waals surface area (Å²) in [6.45, 7) is 0. The van der Waals surface area contributed by atoms with Crippen LogP contribution in [0.15, 0.2) is 24.5 Å². The number of rotatable bonds is 2. The fourth-order valence-electron chi connectivity index (χ4n) is 1.29. The molecular weight excluding hydrogens is 315 g/mol. The maximum absolute atomic E-state index is 13.2. The van der Waals surface area contributed by atoms with E-state index in [-0.39, 0.29) is 26.6 Å². The van der Waals surface area contributed by atoms with Crippen LogP contribution >= 0.6 is 34.8 Å². The average Bonchev–Trinajstić information content (AvgIpc) is 2.38. The van der Waals surface area contributed by atoms with Crippen molar-refractivity contribution in [2.24, 2.45) is 0 Å². The van der Waals surface area contributed by atoms with Crippen molar-refractivity contribution in [3.63, 3.8) is 0 Å². The molecule has 1 heterocycles. The van der Waals surface area contributed by atoms with E-state index in [1.54, 1.807) is 0 Å². The lowest BCUT2D eigenvalue weighted by molar-refractivity contribution is 0.102. The zero-order valence-corrected chi connectivity index (χ0v) is 11.4. The summed E-state index contributed by atoms with van der Waals surface area (Å²) in [6, 6.07) is 3.88. The van der Waals surface area contributed by atoms with Crippen LogP contribution in [0.25, 0.3) is 0 Å². The minimum absolute atomic E-state index is 0.00249. The fraction of sp³-hybridized carbons (Fsp3) is 0. The monoisotopic (exact) mass is 319 g/mol. The minimum atomic E-state index is -0.693. The molecule has 4 nitrogen and oxygen atoms in total. The predicted octanol–water partition coefficient (Wildman–Crippen LogP) is 3.83. The van der Waals surface area contributed by atoms with E-state index >= 15 is 0 Å². The highest BCUT2D eigenvalue weighted by molar-refractivity contribution is 6.43. The number of anilines is 1. The molecular formula is C11H5Cl3FN3O. The molecule has 8 heteroatoms. The Labute approximate surface area is 122 Å². The van der Waals surface area contributed by atoms with Gasteiger partial charge in [-0.25, -0.2) is 14.4 Å². The van der Waals surface area contributed by atoms with Gasteiger partial charge in [0.1, 0.15) is 17.2 Å². The number of hydrogen-bond acceptors (Lipinski definition) is 3. The van der Waals surface area contributed by atoms with Crippen LogP contribution in [0.5, 0.6) is 0 Å². The van der Waals surface area contributed by atoms with E-state index in [9.17, 15) is 9.18 Å². The van der Waals surface area contributed by atoms with Gasteiger partial charge in [-0.3, -0.25) is 4.79 Å². The van der Waals surface area contributed by atoms with Crippen LogP contribution in [-0.4, -0.2) is 15.9 Å². The second-order valence-corrected chi connectivity index (χ2v) is 4.50. The number of nitrogens with zero attached hydrogens (tertiary/aromatic N) is 2. The van der Waals surface area contributed by atoms with Crippen molar-refractivity contribution >= 4 is 46.5 Å². The highest BCUT2D eigenvalue weighted by Gasteiger charge is 2.16. The van der Waals surface area contributed by atoms with E-state index in [1.165, 1.54) is 12.1 Å². The van der Waals surface area contributed by atoms with Crippen molar-refractivity contribution in [2.45, 2.75) is 0 Å². The lowest BCUT2D eigenvalue weighted by Gasteiger charge is -2.08. The third-order valence-corrected chi connectivity index (χ3v) is 3.30. The van der Waals surface area contributed by atoms with Gasteiger partial charge in [0.25, 0.3) is 5.91 Å². The number of amides is 1. The van der Waals surface area contributed by atoms with E-state index in [0.29, 0.717) is 0 Å². The molecule has 2 rings (SSSR count). The predicted molar refractivity (Wildman–Crippen MR) is 71.4 cm³/mol. The molecule has 2 aromatic rings. The maximum Gasteiger partial charge on any atom is 0.258 e. The molecule has 0 saturated heterocycles. The number of nitrogens with one attached hydrogen (secondary N) is 1. The van der Waals surface area contributed by atoms with Crippen molar-refractivity contribution < 1.29 is 9.18 Å². The Bertz CT molecular complexity index is 651. The zero-order chi connectivity index (χ0) is 14.0. The van der Waals surface area contributed by atoms with E-state index < -0.39 is 11.7 Å². The largest absolute Gasteiger partial charge is 0.305 e. The van der Waals surface area contributed by atoms with Crippen molar-refractivity contribution in [1.82, 2.24) is 9.97 Å². The van der Waals surface area contributed by atoms with Gasteiger partial charge in [0.05, 0.1) is 10.6 Å². The minimum Gasteiger partial charge on any atom is -0.305 e. The Balaban J connectivity index is 2.31. The van der Waals surface area contributed by atoms with Crippen LogP contribution < -0.4 is 5.32 Å². The van der Waals surface area contributed by atoms with Crippen molar-refractivity contribution in [3.8, 4) is 0 Å². The van der Waals surface area contributed by atoms with Gasteiger partial charge in [-0.15, -0.1) is 0 Å². The fourth-order valence-corrected chi connectivity index (χ4v) is 1.78. The standard InChI is InChI=1S/C11H5Cl3FN3O/c12-7-5(2-1-3-6(7)15)11(19)18-10-8(13)9(14)16-4-17-10/h1-4H,(H,16,17,18,19). The Morgan fingerprint density at radius 3 is 2.63 bits per heavy atom. The van der Waals surface area contributed by atoms with E-state index in [1.807, 2.05) is 0 Å². The van der Waals surface area contributed by atoms with Gasteiger partial charge in [0, 0.05) is 0 Å².